The van der Waals surface area contributed by atoms with Gasteiger partial charge in [0.1, 0.15) is 6.54 Å². The lowest BCUT2D eigenvalue weighted by atomic mass is 10.1. The van der Waals surface area contributed by atoms with Gasteiger partial charge < -0.3 is 10.0 Å². The van der Waals surface area contributed by atoms with Crippen LogP contribution in [0.15, 0.2) is 54.7 Å². The Labute approximate surface area is 138 Å². The Morgan fingerprint density at radius 2 is 1.83 bits per heavy atom. The zero-order chi connectivity index (χ0) is 17.1. The molecule has 0 aliphatic rings. The molecule has 6 nitrogen and oxygen atoms in total. The Hall–Kier alpha value is -3.15. The number of benzene rings is 2. The van der Waals surface area contributed by atoms with Crippen LogP contribution in [0.1, 0.15) is 15.9 Å². The Bertz CT molecular complexity index is 884. The van der Waals surface area contributed by atoms with Crippen molar-refractivity contribution >= 4 is 22.8 Å². The molecule has 0 spiro atoms. The number of hydrogen-bond donors (Lipinski definition) is 1. The highest BCUT2D eigenvalue weighted by atomic mass is 16.4. The van der Waals surface area contributed by atoms with Crippen molar-refractivity contribution in [1.82, 2.24) is 14.7 Å². The van der Waals surface area contributed by atoms with Crippen LogP contribution in [0.2, 0.25) is 0 Å². The van der Waals surface area contributed by atoms with Crippen molar-refractivity contribution in [2.45, 2.75) is 13.1 Å². The van der Waals surface area contributed by atoms with Crippen LogP contribution in [0, 0.1) is 0 Å². The minimum absolute atomic E-state index is 0.0637. The fourth-order valence-corrected chi connectivity index (χ4v) is 2.52. The highest BCUT2D eigenvalue weighted by Gasteiger charge is 2.13. The van der Waals surface area contributed by atoms with Gasteiger partial charge >= 0.3 is 5.97 Å². The second kappa shape index (κ2) is 6.54. The molecule has 2 aromatic carbocycles. The number of hydrogen-bond acceptors (Lipinski definition) is 3. The maximum atomic E-state index is 12.4. The van der Waals surface area contributed by atoms with Crippen molar-refractivity contribution in [3.63, 3.8) is 0 Å². The molecule has 1 amide bonds. The smallest absolute Gasteiger partial charge is 0.335 e. The molecule has 0 bridgehead atoms. The number of aromatic nitrogens is 2. The molecule has 0 saturated heterocycles. The number of nitrogens with zero attached hydrogens (tertiary/aromatic N) is 3. The van der Waals surface area contributed by atoms with E-state index in [-0.39, 0.29) is 18.0 Å². The number of likely N-dealkylation sites (N-methyl/N-ethyl adjacent to an activating group) is 1. The molecule has 122 valence electrons. The third kappa shape index (κ3) is 3.27. The van der Waals surface area contributed by atoms with Crippen molar-refractivity contribution < 1.29 is 14.7 Å². The lowest BCUT2D eigenvalue weighted by molar-refractivity contribution is -0.131. The van der Waals surface area contributed by atoms with Crippen molar-refractivity contribution in [2.75, 3.05) is 7.05 Å². The molecule has 0 aliphatic carbocycles. The lowest BCUT2D eigenvalue weighted by Crippen LogP contribution is -2.30. The Balaban J connectivity index is 1.67. The third-order valence-corrected chi connectivity index (χ3v) is 3.88. The molecule has 0 saturated carbocycles. The highest BCUT2D eigenvalue weighted by Crippen LogP contribution is 2.13. The number of rotatable bonds is 5. The molecule has 1 heterocycles. The molecule has 3 aromatic rings. The van der Waals surface area contributed by atoms with Gasteiger partial charge in [0.05, 0.1) is 17.3 Å². The number of carboxylic acid groups (broad SMARTS) is 1. The van der Waals surface area contributed by atoms with E-state index < -0.39 is 5.97 Å². The van der Waals surface area contributed by atoms with Crippen molar-refractivity contribution in [1.29, 1.82) is 0 Å². The van der Waals surface area contributed by atoms with Crippen LogP contribution >= 0.6 is 0 Å². The third-order valence-electron chi connectivity index (χ3n) is 3.88. The van der Waals surface area contributed by atoms with Gasteiger partial charge in [-0.15, -0.1) is 0 Å². The van der Waals surface area contributed by atoms with Gasteiger partial charge in [0.25, 0.3) is 0 Å². The number of carboxylic acids is 1. The molecular formula is C18H17N3O3. The van der Waals surface area contributed by atoms with Crippen LogP contribution in [0.3, 0.4) is 0 Å². The van der Waals surface area contributed by atoms with Gasteiger partial charge in [0.15, 0.2) is 0 Å². The second-order valence-corrected chi connectivity index (χ2v) is 5.61. The molecule has 1 N–H and O–H groups in total. The molecule has 1 aromatic heterocycles. The topological polar surface area (TPSA) is 75.4 Å². The number of fused-ring (bicyclic) bond motifs is 1. The lowest BCUT2D eigenvalue weighted by Gasteiger charge is -2.17. The van der Waals surface area contributed by atoms with E-state index >= 15 is 0 Å². The summed E-state index contributed by atoms with van der Waals surface area (Å²) in [6, 6.07) is 14.3. The Morgan fingerprint density at radius 1 is 1.12 bits per heavy atom. The zero-order valence-corrected chi connectivity index (χ0v) is 13.2. The summed E-state index contributed by atoms with van der Waals surface area (Å²) in [5, 5.41) is 14.2. The van der Waals surface area contributed by atoms with Crippen LogP contribution in [-0.4, -0.2) is 38.7 Å². The van der Waals surface area contributed by atoms with Crippen LogP contribution in [0.25, 0.3) is 10.9 Å². The summed E-state index contributed by atoms with van der Waals surface area (Å²) in [4.78, 5) is 24.9. The fraction of sp³-hybridized carbons (Fsp3) is 0.167. The first-order valence-electron chi connectivity index (χ1n) is 7.51. The fourth-order valence-electron chi connectivity index (χ4n) is 2.52. The molecule has 3 rings (SSSR count). The summed E-state index contributed by atoms with van der Waals surface area (Å²) in [5.74, 6) is -1.03. The Kier molecular flexibility index (Phi) is 4.29. The Morgan fingerprint density at radius 3 is 2.54 bits per heavy atom. The van der Waals surface area contributed by atoms with E-state index in [9.17, 15) is 9.59 Å². The number of carbonyl (C=O) groups is 2. The summed E-state index contributed by atoms with van der Waals surface area (Å²) in [5.41, 5.74) is 2.03. The summed E-state index contributed by atoms with van der Waals surface area (Å²) in [6.07, 6.45) is 1.74. The predicted octanol–water partition coefficient (Wildman–Crippen LogP) is 2.39. The molecule has 0 fully saturated rings. The van der Waals surface area contributed by atoms with Gasteiger partial charge in [0.2, 0.25) is 5.91 Å². The van der Waals surface area contributed by atoms with E-state index in [1.54, 1.807) is 35.0 Å². The van der Waals surface area contributed by atoms with Gasteiger partial charge in [-0.25, -0.2) is 4.79 Å². The number of para-hydroxylation sites is 1. The monoisotopic (exact) mass is 323 g/mol. The number of amides is 1. The van der Waals surface area contributed by atoms with E-state index in [0.29, 0.717) is 6.54 Å². The van der Waals surface area contributed by atoms with Gasteiger partial charge in [-0.1, -0.05) is 30.3 Å². The predicted molar refractivity (Wildman–Crippen MR) is 89.6 cm³/mol. The molecule has 24 heavy (non-hydrogen) atoms. The summed E-state index contributed by atoms with van der Waals surface area (Å²) in [7, 11) is 1.72. The van der Waals surface area contributed by atoms with E-state index in [4.69, 9.17) is 5.11 Å². The van der Waals surface area contributed by atoms with Crippen LogP contribution in [-0.2, 0) is 17.9 Å². The van der Waals surface area contributed by atoms with Crippen LogP contribution in [0.4, 0.5) is 0 Å². The van der Waals surface area contributed by atoms with Crippen molar-refractivity contribution in [2.24, 2.45) is 0 Å². The maximum Gasteiger partial charge on any atom is 0.335 e. The minimum Gasteiger partial charge on any atom is -0.478 e. The molecule has 0 unspecified atom stereocenters. The van der Waals surface area contributed by atoms with E-state index in [0.717, 1.165) is 16.5 Å². The van der Waals surface area contributed by atoms with E-state index in [2.05, 4.69) is 5.10 Å². The van der Waals surface area contributed by atoms with Gasteiger partial charge in [-0.3, -0.25) is 9.48 Å². The van der Waals surface area contributed by atoms with Gasteiger partial charge in [-0.05, 0) is 23.8 Å². The maximum absolute atomic E-state index is 12.4. The largest absolute Gasteiger partial charge is 0.478 e. The van der Waals surface area contributed by atoms with Crippen molar-refractivity contribution in [3.05, 3.63) is 65.9 Å². The first-order valence-corrected chi connectivity index (χ1v) is 7.51. The quantitative estimate of drug-likeness (QED) is 0.782. The van der Waals surface area contributed by atoms with E-state index in [1.807, 2.05) is 24.3 Å². The molecular weight excluding hydrogens is 306 g/mol. The van der Waals surface area contributed by atoms with Crippen molar-refractivity contribution in [3.8, 4) is 0 Å². The molecule has 6 heteroatoms. The van der Waals surface area contributed by atoms with Gasteiger partial charge in [0, 0.05) is 19.0 Å². The standard InChI is InChI=1S/C18H17N3O3/c1-20(11-13-6-8-14(9-7-13)18(23)24)17(22)12-21-16-5-3-2-4-15(16)10-19-21/h2-10H,11-12H2,1H3,(H,23,24). The summed E-state index contributed by atoms with van der Waals surface area (Å²) >= 11 is 0. The normalized spacial score (nSPS) is 10.7. The van der Waals surface area contributed by atoms with Gasteiger partial charge in [-0.2, -0.15) is 5.10 Å². The first kappa shape index (κ1) is 15.7. The van der Waals surface area contributed by atoms with Crippen LogP contribution in [0.5, 0.6) is 0 Å². The minimum atomic E-state index is -0.962. The first-order chi connectivity index (χ1) is 11.5. The van der Waals surface area contributed by atoms with E-state index in [1.165, 1.54) is 12.1 Å². The summed E-state index contributed by atoms with van der Waals surface area (Å²) in [6.45, 7) is 0.579. The van der Waals surface area contributed by atoms with Crippen LogP contribution < -0.4 is 0 Å². The SMILES string of the molecule is CN(Cc1ccc(C(=O)O)cc1)C(=O)Cn1ncc2ccccc21. The number of aromatic carboxylic acids is 1. The molecule has 0 atom stereocenters. The zero-order valence-electron chi connectivity index (χ0n) is 13.2. The molecule has 0 aliphatic heterocycles. The average molecular weight is 323 g/mol. The highest BCUT2D eigenvalue weighted by molar-refractivity contribution is 5.87. The molecule has 0 radical (unpaired) electrons. The second-order valence-electron chi connectivity index (χ2n) is 5.61. The summed E-state index contributed by atoms with van der Waals surface area (Å²) < 4.78 is 1.68. The average Bonchev–Trinajstić information content (AvgIpc) is 2.98. The number of carbonyl (C=O) groups excluding carboxylic acids is 1.